The maximum atomic E-state index is 13.2. The standard InChI is InChI=1S/C10H10FN3S/c1-6-3-7(5-8(11)4-6)9-10(12-2)14-15-13-9/h3-5H,1-2H3,(H,12,14). The average Bonchev–Trinajstić information content (AvgIpc) is 2.63. The van der Waals surface area contributed by atoms with Gasteiger partial charge in [0.25, 0.3) is 0 Å². The van der Waals surface area contributed by atoms with Crippen molar-refractivity contribution in [2.24, 2.45) is 0 Å². The van der Waals surface area contributed by atoms with Crippen molar-refractivity contribution in [3.05, 3.63) is 29.6 Å². The molecule has 3 nitrogen and oxygen atoms in total. The molecule has 15 heavy (non-hydrogen) atoms. The van der Waals surface area contributed by atoms with Crippen LogP contribution in [0.25, 0.3) is 11.3 Å². The SMILES string of the molecule is CNc1nsnc1-c1cc(C)cc(F)c1. The minimum Gasteiger partial charge on any atom is -0.370 e. The van der Waals surface area contributed by atoms with Gasteiger partial charge in [-0.25, -0.2) is 4.39 Å². The van der Waals surface area contributed by atoms with Crippen LogP contribution >= 0.6 is 11.7 Å². The van der Waals surface area contributed by atoms with E-state index in [1.54, 1.807) is 7.05 Å². The van der Waals surface area contributed by atoms with E-state index in [-0.39, 0.29) is 5.82 Å². The number of aryl methyl sites for hydroxylation is 1. The second-order valence-corrected chi connectivity index (χ2v) is 3.76. The summed E-state index contributed by atoms with van der Waals surface area (Å²) in [5.41, 5.74) is 2.33. The molecule has 0 spiro atoms. The van der Waals surface area contributed by atoms with Crippen molar-refractivity contribution in [1.29, 1.82) is 0 Å². The van der Waals surface area contributed by atoms with E-state index in [2.05, 4.69) is 14.1 Å². The summed E-state index contributed by atoms with van der Waals surface area (Å²) in [6.07, 6.45) is 0. The van der Waals surface area contributed by atoms with Gasteiger partial charge in [-0.15, -0.1) is 0 Å². The third-order valence-corrected chi connectivity index (χ3v) is 2.57. The highest BCUT2D eigenvalue weighted by molar-refractivity contribution is 6.99. The van der Waals surface area contributed by atoms with Crippen LogP contribution in [-0.2, 0) is 0 Å². The summed E-state index contributed by atoms with van der Waals surface area (Å²) >= 11 is 1.11. The quantitative estimate of drug-likeness (QED) is 0.850. The summed E-state index contributed by atoms with van der Waals surface area (Å²) in [7, 11) is 1.77. The van der Waals surface area contributed by atoms with Crippen molar-refractivity contribution in [3.63, 3.8) is 0 Å². The van der Waals surface area contributed by atoms with E-state index in [1.807, 2.05) is 13.0 Å². The first kappa shape index (κ1) is 10.0. The number of hydrogen-bond donors (Lipinski definition) is 1. The smallest absolute Gasteiger partial charge is 0.167 e. The molecule has 0 unspecified atom stereocenters. The van der Waals surface area contributed by atoms with Crippen LogP contribution in [0.4, 0.5) is 10.2 Å². The van der Waals surface area contributed by atoms with Crippen molar-refractivity contribution in [2.75, 3.05) is 12.4 Å². The summed E-state index contributed by atoms with van der Waals surface area (Å²) in [4.78, 5) is 0. The molecule has 0 atom stereocenters. The van der Waals surface area contributed by atoms with Crippen molar-refractivity contribution in [2.45, 2.75) is 6.92 Å². The minimum absolute atomic E-state index is 0.250. The van der Waals surface area contributed by atoms with E-state index >= 15 is 0 Å². The van der Waals surface area contributed by atoms with Crippen LogP contribution in [0.15, 0.2) is 18.2 Å². The van der Waals surface area contributed by atoms with E-state index in [0.717, 1.165) is 22.9 Å². The van der Waals surface area contributed by atoms with Crippen molar-refractivity contribution < 1.29 is 4.39 Å². The van der Waals surface area contributed by atoms with Crippen LogP contribution in [0, 0.1) is 12.7 Å². The number of nitrogens with zero attached hydrogens (tertiary/aromatic N) is 2. The van der Waals surface area contributed by atoms with Gasteiger partial charge in [0, 0.05) is 12.6 Å². The summed E-state index contributed by atoms with van der Waals surface area (Å²) < 4.78 is 21.4. The molecule has 2 aromatic rings. The summed E-state index contributed by atoms with van der Waals surface area (Å²) in [6.45, 7) is 1.85. The minimum atomic E-state index is -0.250. The predicted molar refractivity (Wildman–Crippen MR) is 59.6 cm³/mol. The molecule has 1 N–H and O–H groups in total. The van der Waals surface area contributed by atoms with E-state index in [1.165, 1.54) is 12.1 Å². The molecule has 1 aromatic heterocycles. The van der Waals surface area contributed by atoms with Crippen LogP contribution < -0.4 is 5.32 Å². The number of hydrogen-bond acceptors (Lipinski definition) is 4. The zero-order chi connectivity index (χ0) is 10.8. The van der Waals surface area contributed by atoms with Crippen molar-refractivity contribution >= 4 is 17.5 Å². The second-order valence-electron chi connectivity index (χ2n) is 3.23. The Kier molecular flexibility index (Phi) is 2.64. The van der Waals surface area contributed by atoms with Gasteiger partial charge in [0.2, 0.25) is 0 Å². The first-order chi connectivity index (χ1) is 7.20. The molecule has 0 radical (unpaired) electrons. The van der Waals surface area contributed by atoms with E-state index in [4.69, 9.17) is 0 Å². The topological polar surface area (TPSA) is 37.8 Å². The first-order valence-electron chi connectivity index (χ1n) is 4.48. The van der Waals surface area contributed by atoms with Crippen molar-refractivity contribution in [1.82, 2.24) is 8.75 Å². The Hall–Kier alpha value is -1.49. The molecular weight excluding hydrogens is 213 g/mol. The molecule has 0 saturated heterocycles. The monoisotopic (exact) mass is 223 g/mol. The van der Waals surface area contributed by atoms with Gasteiger partial charge in [-0.3, -0.25) is 0 Å². The maximum Gasteiger partial charge on any atom is 0.167 e. The third kappa shape index (κ3) is 1.97. The molecule has 0 aliphatic rings. The van der Waals surface area contributed by atoms with E-state index in [0.29, 0.717) is 11.5 Å². The molecule has 0 amide bonds. The number of halogens is 1. The highest BCUT2D eigenvalue weighted by atomic mass is 32.1. The van der Waals surface area contributed by atoms with Crippen molar-refractivity contribution in [3.8, 4) is 11.3 Å². The van der Waals surface area contributed by atoms with Gasteiger partial charge in [-0.05, 0) is 30.7 Å². The number of anilines is 1. The fraction of sp³-hybridized carbons (Fsp3) is 0.200. The van der Waals surface area contributed by atoms with Gasteiger partial charge in [0.05, 0.1) is 11.7 Å². The number of benzene rings is 1. The molecule has 1 aromatic carbocycles. The van der Waals surface area contributed by atoms with Crippen LogP contribution in [-0.4, -0.2) is 15.8 Å². The normalized spacial score (nSPS) is 10.3. The summed E-state index contributed by atoms with van der Waals surface area (Å²) in [6, 6.07) is 4.84. The number of rotatable bonds is 2. The molecule has 5 heteroatoms. The zero-order valence-electron chi connectivity index (χ0n) is 8.41. The fourth-order valence-electron chi connectivity index (χ4n) is 1.42. The highest BCUT2D eigenvalue weighted by Gasteiger charge is 2.10. The molecular formula is C10H10FN3S. The molecule has 1 heterocycles. The van der Waals surface area contributed by atoms with Crippen LogP contribution in [0.5, 0.6) is 0 Å². The maximum absolute atomic E-state index is 13.2. The lowest BCUT2D eigenvalue weighted by Crippen LogP contribution is -1.91. The predicted octanol–water partition coefficient (Wildman–Crippen LogP) is 2.69. The van der Waals surface area contributed by atoms with Crippen LogP contribution in [0.3, 0.4) is 0 Å². The Balaban J connectivity index is 2.53. The van der Waals surface area contributed by atoms with Gasteiger partial charge in [-0.1, -0.05) is 0 Å². The second kappa shape index (κ2) is 3.94. The Morgan fingerprint density at radius 2 is 2.07 bits per heavy atom. The van der Waals surface area contributed by atoms with Crippen LogP contribution in [0.1, 0.15) is 5.56 Å². The fourth-order valence-corrected chi connectivity index (χ4v) is 1.99. The molecule has 0 aliphatic heterocycles. The Morgan fingerprint density at radius 1 is 1.27 bits per heavy atom. The lowest BCUT2D eigenvalue weighted by molar-refractivity contribution is 0.627. The van der Waals surface area contributed by atoms with Gasteiger partial charge < -0.3 is 5.32 Å². The molecule has 2 rings (SSSR count). The lowest BCUT2D eigenvalue weighted by atomic mass is 10.1. The number of nitrogens with one attached hydrogen (secondary N) is 1. The van der Waals surface area contributed by atoms with E-state index in [9.17, 15) is 4.39 Å². The average molecular weight is 223 g/mol. The number of aromatic nitrogens is 2. The highest BCUT2D eigenvalue weighted by Crippen LogP contribution is 2.26. The van der Waals surface area contributed by atoms with Gasteiger partial charge in [0.1, 0.15) is 11.5 Å². The molecule has 0 bridgehead atoms. The van der Waals surface area contributed by atoms with Gasteiger partial charge >= 0.3 is 0 Å². The van der Waals surface area contributed by atoms with Crippen LogP contribution in [0.2, 0.25) is 0 Å². The summed E-state index contributed by atoms with van der Waals surface area (Å²) in [5.74, 6) is 0.435. The molecule has 0 fully saturated rings. The molecule has 78 valence electrons. The Morgan fingerprint density at radius 3 is 2.73 bits per heavy atom. The summed E-state index contributed by atoms with van der Waals surface area (Å²) in [5, 5.41) is 2.93. The molecule has 0 aliphatic carbocycles. The molecule has 0 saturated carbocycles. The Labute approximate surface area is 91.3 Å². The van der Waals surface area contributed by atoms with Gasteiger partial charge in [-0.2, -0.15) is 8.75 Å². The Bertz CT molecular complexity index is 461. The lowest BCUT2D eigenvalue weighted by Gasteiger charge is -2.02. The first-order valence-corrected chi connectivity index (χ1v) is 5.21. The zero-order valence-corrected chi connectivity index (χ0v) is 9.23. The largest absolute Gasteiger partial charge is 0.370 e. The third-order valence-electron chi connectivity index (χ3n) is 2.04. The van der Waals surface area contributed by atoms with Gasteiger partial charge in [0.15, 0.2) is 5.82 Å². The van der Waals surface area contributed by atoms with E-state index < -0.39 is 0 Å².